The summed E-state index contributed by atoms with van der Waals surface area (Å²) in [5, 5.41) is 5.67. The molecule has 25 heavy (non-hydrogen) atoms. The van der Waals surface area contributed by atoms with Crippen LogP contribution in [0.15, 0.2) is 59.7 Å². The van der Waals surface area contributed by atoms with Gasteiger partial charge < -0.3 is 5.32 Å². The summed E-state index contributed by atoms with van der Waals surface area (Å²) < 4.78 is 0. The molecule has 1 atom stereocenters. The summed E-state index contributed by atoms with van der Waals surface area (Å²) in [5.41, 5.74) is 4.22. The average Bonchev–Trinajstić information content (AvgIpc) is 3.11. The molecule has 0 saturated carbocycles. The molecule has 2 heterocycles. The Hall–Kier alpha value is -2.86. The van der Waals surface area contributed by atoms with Gasteiger partial charge in [0.05, 0.1) is 18.2 Å². The molecule has 0 radical (unpaired) electrons. The minimum absolute atomic E-state index is 0.0295. The highest BCUT2D eigenvalue weighted by Crippen LogP contribution is 2.46. The third-order valence-electron chi connectivity index (χ3n) is 4.16. The van der Waals surface area contributed by atoms with Crippen LogP contribution < -0.4 is 5.32 Å². The van der Waals surface area contributed by atoms with Crippen molar-refractivity contribution in [3.8, 4) is 10.8 Å². The van der Waals surface area contributed by atoms with Crippen molar-refractivity contribution < 1.29 is 4.79 Å². The number of rotatable bonds is 5. The van der Waals surface area contributed by atoms with Gasteiger partial charge in [-0.05, 0) is 24.1 Å². The SMILES string of the molecule is CC1=C(c2ccccc2)[C@H]1C(=O)NCc1csc(-c2ncccn2)n1. The van der Waals surface area contributed by atoms with Gasteiger partial charge in [-0.2, -0.15) is 0 Å². The van der Waals surface area contributed by atoms with Gasteiger partial charge in [0.2, 0.25) is 5.91 Å². The van der Waals surface area contributed by atoms with Crippen LogP contribution in [0, 0.1) is 5.92 Å². The molecular formula is C19H16N4OS. The fourth-order valence-electron chi connectivity index (χ4n) is 2.85. The second-order valence-corrected chi connectivity index (χ2v) is 6.69. The van der Waals surface area contributed by atoms with E-state index in [1.165, 1.54) is 11.3 Å². The van der Waals surface area contributed by atoms with Gasteiger partial charge in [-0.3, -0.25) is 4.79 Å². The Morgan fingerprint density at radius 3 is 2.68 bits per heavy atom. The maximum Gasteiger partial charge on any atom is 0.232 e. The fourth-order valence-corrected chi connectivity index (χ4v) is 3.61. The zero-order valence-corrected chi connectivity index (χ0v) is 14.5. The van der Waals surface area contributed by atoms with E-state index < -0.39 is 0 Å². The molecule has 1 amide bonds. The Morgan fingerprint density at radius 2 is 1.92 bits per heavy atom. The second kappa shape index (κ2) is 6.57. The molecule has 124 valence electrons. The van der Waals surface area contributed by atoms with Crippen LogP contribution in [0.4, 0.5) is 0 Å². The zero-order valence-electron chi connectivity index (χ0n) is 13.6. The molecule has 0 unspecified atom stereocenters. The van der Waals surface area contributed by atoms with E-state index >= 15 is 0 Å². The van der Waals surface area contributed by atoms with Crippen LogP contribution in [0.3, 0.4) is 0 Å². The summed E-state index contributed by atoms with van der Waals surface area (Å²) in [6, 6.07) is 11.8. The molecule has 3 aromatic rings. The van der Waals surface area contributed by atoms with Crippen molar-refractivity contribution in [2.24, 2.45) is 5.92 Å². The van der Waals surface area contributed by atoms with Crippen molar-refractivity contribution in [1.29, 1.82) is 0 Å². The lowest BCUT2D eigenvalue weighted by Crippen LogP contribution is -2.26. The minimum atomic E-state index is -0.113. The monoisotopic (exact) mass is 348 g/mol. The maximum absolute atomic E-state index is 12.4. The Balaban J connectivity index is 1.37. The van der Waals surface area contributed by atoms with Crippen molar-refractivity contribution in [2.45, 2.75) is 13.5 Å². The van der Waals surface area contributed by atoms with E-state index in [1.54, 1.807) is 18.5 Å². The minimum Gasteiger partial charge on any atom is -0.350 e. The molecule has 2 aromatic heterocycles. The number of nitrogens with zero attached hydrogens (tertiary/aromatic N) is 3. The molecule has 4 rings (SSSR count). The van der Waals surface area contributed by atoms with Gasteiger partial charge in [0.25, 0.3) is 0 Å². The summed E-state index contributed by atoms with van der Waals surface area (Å²) in [5.74, 6) is 0.524. The lowest BCUT2D eigenvalue weighted by Gasteiger charge is -2.04. The van der Waals surface area contributed by atoms with Crippen LogP contribution in [-0.2, 0) is 11.3 Å². The van der Waals surface area contributed by atoms with Gasteiger partial charge in [0, 0.05) is 17.8 Å². The highest BCUT2D eigenvalue weighted by atomic mass is 32.1. The van der Waals surface area contributed by atoms with E-state index in [2.05, 4.69) is 20.3 Å². The molecule has 0 saturated heterocycles. The smallest absolute Gasteiger partial charge is 0.232 e. The largest absolute Gasteiger partial charge is 0.350 e. The number of carbonyl (C=O) groups is 1. The lowest BCUT2D eigenvalue weighted by molar-refractivity contribution is -0.121. The van der Waals surface area contributed by atoms with Gasteiger partial charge in [-0.1, -0.05) is 35.9 Å². The van der Waals surface area contributed by atoms with Crippen LogP contribution >= 0.6 is 11.3 Å². The Morgan fingerprint density at radius 1 is 1.16 bits per heavy atom. The van der Waals surface area contributed by atoms with Crippen LogP contribution in [0.5, 0.6) is 0 Å². The molecule has 0 aliphatic heterocycles. The van der Waals surface area contributed by atoms with Crippen LogP contribution in [0.2, 0.25) is 0 Å². The number of benzene rings is 1. The summed E-state index contributed by atoms with van der Waals surface area (Å²) >= 11 is 1.48. The molecule has 0 spiro atoms. The van der Waals surface area contributed by atoms with Crippen molar-refractivity contribution >= 4 is 22.8 Å². The molecule has 5 nitrogen and oxygen atoms in total. The number of nitrogens with one attached hydrogen (secondary N) is 1. The maximum atomic E-state index is 12.4. The van der Waals surface area contributed by atoms with Crippen LogP contribution in [0.1, 0.15) is 18.2 Å². The van der Waals surface area contributed by atoms with Crippen molar-refractivity contribution in [1.82, 2.24) is 20.3 Å². The lowest BCUT2D eigenvalue weighted by atomic mass is 10.1. The van der Waals surface area contributed by atoms with Gasteiger partial charge >= 0.3 is 0 Å². The van der Waals surface area contributed by atoms with Gasteiger partial charge in [-0.15, -0.1) is 11.3 Å². The highest BCUT2D eigenvalue weighted by Gasteiger charge is 2.39. The third kappa shape index (κ3) is 3.21. The van der Waals surface area contributed by atoms with Crippen molar-refractivity contribution in [3.63, 3.8) is 0 Å². The Bertz CT molecular complexity index is 934. The predicted molar refractivity (Wildman–Crippen MR) is 97.5 cm³/mol. The molecular weight excluding hydrogens is 332 g/mol. The van der Waals surface area contributed by atoms with Gasteiger partial charge in [-0.25, -0.2) is 15.0 Å². The van der Waals surface area contributed by atoms with Crippen molar-refractivity contribution in [2.75, 3.05) is 0 Å². The molecule has 1 aliphatic carbocycles. The number of hydrogen-bond acceptors (Lipinski definition) is 5. The first kappa shape index (κ1) is 15.7. The molecule has 1 aliphatic rings. The van der Waals surface area contributed by atoms with Crippen LogP contribution in [-0.4, -0.2) is 20.9 Å². The first-order valence-corrected chi connectivity index (χ1v) is 8.87. The van der Waals surface area contributed by atoms with E-state index in [0.717, 1.165) is 27.4 Å². The zero-order chi connectivity index (χ0) is 17.2. The number of aromatic nitrogens is 3. The highest BCUT2D eigenvalue weighted by molar-refractivity contribution is 7.13. The molecule has 1 N–H and O–H groups in total. The normalized spacial score (nSPS) is 16.0. The first-order chi connectivity index (χ1) is 12.2. The summed E-state index contributed by atoms with van der Waals surface area (Å²) in [6.07, 6.45) is 3.38. The first-order valence-electron chi connectivity index (χ1n) is 7.99. The average molecular weight is 348 g/mol. The quantitative estimate of drug-likeness (QED) is 0.768. The molecule has 0 fully saturated rings. The predicted octanol–water partition coefficient (Wildman–Crippen LogP) is 3.32. The molecule has 6 heteroatoms. The summed E-state index contributed by atoms with van der Waals surface area (Å²) in [6.45, 7) is 2.42. The van der Waals surface area contributed by atoms with Crippen LogP contribution in [0.25, 0.3) is 16.4 Å². The number of amides is 1. The summed E-state index contributed by atoms with van der Waals surface area (Å²) in [4.78, 5) is 25.3. The second-order valence-electron chi connectivity index (χ2n) is 5.83. The molecule has 0 bridgehead atoms. The van der Waals surface area contributed by atoms with E-state index in [1.807, 2.05) is 42.6 Å². The fraction of sp³-hybridized carbons (Fsp3) is 0.158. The summed E-state index contributed by atoms with van der Waals surface area (Å²) in [7, 11) is 0. The van der Waals surface area contributed by atoms with Gasteiger partial charge in [0.1, 0.15) is 0 Å². The number of thiazole rings is 1. The van der Waals surface area contributed by atoms with E-state index in [4.69, 9.17) is 0 Å². The van der Waals surface area contributed by atoms with Crippen molar-refractivity contribution in [3.05, 3.63) is 71.0 Å². The third-order valence-corrected chi connectivity index (χ3v) is 5.05. The Kier molecular flexibility index (Phi) is 4.11. The number of carbonyl (C=O) groups excluding carboxylic acids is 1. The van der Waals surface area contributed by atoms with Gasteiger partial charge in [0.15, 0.2) is 10.8 Å². The van der Waals surface area contributed by atoms with E-state index in [-0.39, 0.29) is 11.8 Å². The standard InChI is InChI=1S/C19H16N4OS/c1-12-15(13-6-3-2-4-7-13)16(12)18(24)22-10-14-11-25-19(23-14)17-20-8-5-9-21-17/h2-9,11,16H,10H2,1H3,(H,22,24)/t16-/m0/s1. The topological polar surface area (TPSA) is 67.8 Å². The number of hydrogen-bond donors (Lipinski definition) is 1. The Labute approximate surface area is 149 Å². The van der Waals surface area contributed by atoms with E-state index in [9.17, 15) is 4.79 Å². The molecule has 1 aromatic carbocycles. The van der Waals surface area contributed by atoms with E-state index in [0.29, 0.717) is 12.4 Å².